The monoisotopic (exact) mass is 292 g/mol. The number of hydrogen-bond donors (Lipinski definition) is 1. The fourth-order valence-corrected chi connectivity index (χ4v) is 3.30. The maximum atomic E-state index is 14.3. The van der Waals surface area contributed by atoms with Gasteiger partial charge in [-0.2, -0.15) is 0 Å². The number of halogens is 1. The first kappa shape index (κ1) is 16.3. The summed E-state index contributed by atoms with van der Waals surface area (Å²) in [5.74, 6) is -0.0739. The van der Waals surface area contributed by atoms with Gasteiger partial charge in [-0.1, -0.05) is 32.8 Å². The second-order valence-corrected chi connectivity index (χ2v) is 6.02. The number of hydrogen-bond acceptors (Lipinski definition) is 2. The molecule has 1 atom stereocenters. The molecule has 1 aromatic carbocycles. The topological polar surface area (TPSA) is 15.3 Å². The third-order valence-electron chi connectivity index (χ3n) is 4.48. The highest BCUT2D eigenvalue weighted by Crippen LogP contribution is 2.30. The van der Waals surface area contributed by atoms with Crippen LogP contribution in [0.4, 0.5) is 10.1 Å². The minimum absolute atomic E-state index is 0.0739. The Morgan fingerprint density at radius 1 is 1.24 bits per heavy atom. The molecule has 1 saturated heterocycles. The molecule has 1 N–H and O–H groups in total. The van der Waals surface area contributed by atoms with Crippen LogP contribution < -0.4 is 10.2 Å². The Bertz CT molecular complexity index is 433. The predicted molar refractivity (Wildman–Crippen MR) is 88.3 cm³/mol. The van der Waals surface area contributed by atoms with E-state index in [4.69, 9.17) is 0 Å². The molecule has 1 aliphatic rings. The zero-order chi connectivity index (χ0) is 15.1. The number of anilines is 1. The molecule has 1 heterocycles. The highest BCUT2D eigenvalue weighted by atomic mass is 19.1. The summed E-state index contributed by atoms with van der Waals surface area (Å²) in [7, 11) is 0. The summed E-state index contributed by atoms with van der Waals surface area (Å²) in [6.07, 6.45) is 7.26. The standard InChI is InChI=1S/C18H29FN2/c1-3-12-20-14-16-17(19)10-8-11-18(16)21-13-7-5-6-9-15(21)4-2/h8,10-11,15,20H,3-7,9,12-14H2,1-2H3. The van der Waals surface area contributed by atoms with E-state index in [9.17, 15) is 4.39 Å². The average molecular weight is 292 g/mol. The van der Waals surface area contributed by atoms with Crippen molar-refractivity contribution in [3.8, 4) is 0 Å². The molecular weight excluding hydrogens is 263 g/mol. The molecule has 0 aliphatic carbocycles. The summed E-state index contributed by atoms with van der Waals surface area (Å²) in [5.41, 5.74) is 1.94. The van der Waals surface area contributed by atoms with E-state index in [0.29, 0.717) is 12.6 Å². The lowest BCUT2D eigenvalue weighted by Crippen LogP contribution is -2.35. The first-order valence-corrected chi connectivity index (χ1v) is 8.52. The molecule has 1 fully saturated rings. The van der Waals surface area contributed by atoms with Gasteiger partial charge in [-0.15, -0.1) is 0 Å². The zero-order valence-corrected chi connectivity index (χ0v) is 13.5. The van der Waals surface area contributed by atoms with E-state index in [2.05, 4.69) is 30.1 Å². The minimum atomic E-state index is -0.0739. The van der Waals surface area contributed by atoms with Crippen molar-refractivity contribution in [2.75, 3.05) is 18.0 Å². The van der Waals surface area contributed by atoms with Crippen LogP contribution in [-0.2, 0) is 6.54 Å². The van der Waals surface area contributed by atoms with E-state index < -0.39 is 0 Å². The summed E-state index contributed by atoms with van der Waals surface area (Å²) in [6.45, 7) is 7.00. The number of rotatable bonds is 6. The van der Waals surface area contributed by atoms with Gasteiger partial charge in [-0.05, 0) is 44.4 Å². The van der Waals surface area contributed by atoms with Gasteiger partial charge < -0.3 is 10.2 Å². The summed E-state index contributed by atoms with van der Waals surface area (Å²) in [4.78, 5) is 2.46. The van der Waals surface area contributed by atoms with E-state index in [-0.39, 0.29) is 5.82 Å². The fraction of sp³-hybridized carbons (Fsp3) is 0.667. The molecule has 1 aliphatic heterocycles. The van der Waals surface area contributed by atoms with E-state index in [1.807, 2.05) is 6.07 Å². The van der Waals surface area contributed by atoms with Gasteiger partial charge in [0.05, 0.1) is 0 Å². The zero-order valence-electron chi connectivity index (χ0n) is 13.5. The largest absolute Gasteiger partial charge is 0.368 e. The van der Waals surface area contributed by atoms with Crippen molar-refractivity contribution < 1.29 is 4.39 Å². The third kappa shape index (κ3) is 4.19. The van der Waals surface area contributed by atoms with Gasteiger partial charge in [0.15, 0.2) is 0 Å². The molecule has 21 heavy (non-hydrogen) atoms. The van der Waals surface area contributed by atoms with Gasteiger partial charge in [0, 0.05) is 30.4 Å². The van der Waals surface area contributed by atoms with Crippen LogP contribution >= 0.6 is 0 Å². The summed E-state index contributed by atoms with van der Waals surface area (Å²) >= 11 is 0. The quantitative estimate of drug-likeness (QED) is 0.777. The SMILES string of the molecule is CCCNCc1c(F)cccc1N1CCCCCC1CC. The smallest absolute Gasteiger partial charge is 0.129 e. The van der Waals surface area contributed by atoms with Crippen molar-refractivity contribution in [1.29, 1.82) is 0 Å². The van der Waals surface area contributed by atoms with Crippen LogP contribution in [0.25, 0.3) is 0 Å². The molecule has 1 unspecified atom stereocenters. The molecule has 0 saturated carbocycles. The van der Waals surface area contributed by atoms with Crippen molar-refractivity contribution >= 4 is 5.69 Å². The van der Waals surface area contributed by atoms with Crippen molar-refractivity contribution in [3.05, 3.63) is 29.6 Å². The Hall–Kier alpha value is -1.09. The molecular formula is C18H29FN2. The fourth-order valence-electron chi connectivity index (χ4n) is 3.30. The van der Waals surface area contributed by atoms with Gasteiger partial charge in [-0.3, -0.25) is 0 Å². The molecule has 0 spiro atoms. The molecule has 0 bridgehead atoms. The molecule has 2 rings (SSSR count). The maximum absolute atomic E-state index is 14.3. The van der Waals surface area contributed by atoms with Crippen LogP contribution in [0.15, 0.2) is 18.2 Å². The second-order valence-electron chi connectivity index (χ2n) is 6.02. The second kappa shape index (κ2) is 8.38. The maximum Gasteiger partial charge on any atom is 0.129 e. The van der Waals surface area contributed by atoms with Gasteiger partial charge in [0.2, 0.25) is 0 Å². The molecule has 1 aromatic rings. The van der Waals surface area contributed by atoms with Crippen molar-refractivity contribution in [1.82, 2.24) is 5.32 Å². The van der Waals surface area contributed by atoms with Crippen molar-refractivity contribution in [3.63, 3.8) is 0 Å². The van der Waals surface area contributed by atoms with Crippen LogP contribution in [0.1, 0.15) is 57.9 Å². The van der Waals surface area contributed by atoms with E-state index in [1.54, 1.807) is 6.07 Å². The summed E-state index contributed by atoms with van der Waals surface area (Å²) in [5, 5.41) is 3.35. The lowest BCUT2D eigenvalue weighted by molar-refractivity contribution is 0.545. The van der Waals surface area contributed by atoms with Crippen molar-refractivity contribution in [2.45, 2.75) is 65.0 Å². The predicted octanol–water partition coefficient (Wildman–Crippen LogP) is 4.48. The highest BCUT2D eigenvalue weighted by molar-refractivity contribution is 5.55. The van der Waals surface area contributed by atoms with Gasteiger partial charge in [0.1, 0.15) is 5.82 Å². The Labute approximate surface area is 128 Å². The molecule has 0 aromatic heterocycles. The lowest BCUT2D eigenvalue weighted by Gasteiger charge is -2.33. The highest BCUT2D eigenvalue weighted by Gasteiger charge is 2.22. The number of nitrogens with one attached hydrogen (secondary N) is 1. The molecule has 0 radical (unpaired) electrons. The Balaban J connectivity index is 2.25. The third-order valence-corrected chi connectivity index (χ3v) is 4.48. The minimum Gasteiger partial charge on any atom is -0.368 e. The Morgan fingerprint density at radius 3 is 2.86 bits per heavy atom. The first-order chi connectivity index (χ1) is 10.3. The van der Waals surface area contributed by atoms with Crippen LogP contribution in [0.2, 0.25) is 0 Å². The number of nitrogens with zero attached hydrogens (tertiary/aromatic N) is 1. The van der Waals surface area contributed by atoms with Crippen molar-refractivity contribution in [2.24, 2.45) is 0 Å². The Kier molecular flexibility index (Phi) is 6.50. The molecule has 3 heteroatoms. The number of benzene rings is 1. The summed E-state index contributed by atoms with van der Waals surface area (Å²) in [6, 6.07) is 6.09. The van der Waals surface area contributed by atoms with Crippen LogP contribution in [0.3, 0.4) is 0 Å². The van der Waals surface area contributed by atoms with Gasteiger partial charge in [0.25, 0.3) is 0 Å². The van der Waals surface area contributed by atoms with Crippen LogP contribution in [-0.4, -0.2) is 19.1 Å². The molecule has 118 valence electrons. The van der Waals surface area contributed by atoms with Gasteiger partial charge >= 0.3 is 0 Å². The van der Waals surface area contributed by atoms with Crippen LogP contribution in [0.5, 0.6) is 0 Å². The van der Waals surface area contributed by atoms with E-state index >= 15 is 0 Å². The Morgan fingerprint density at radius 2 is 2.10 bits per heavy atom. The van der Waals surface area contributed by atoms with E-state index in [0.717, 1.165) is 37.2 Å². The average Bonchev–Trinajstić information content (AvgIpc) is 2.74. The first-order valence-electron chi connectivity index (χ1n) is 8.52. The lowest BCUT2D eigenvalue weighted by atomic mass is 10.0. The summed E-state index contributed by atoms with van der Waals surface area (Å²) < 4.78 is 14.3. The van der Waals surface area contributed by atoms with E-state index in [1.165, 1.54) is 25.7 Å². The van der Waals surface area contributed by atoms with Crippen LogP contribution in [0, 0.1) is 5.82 Å². The van der Waals surface area contributed by atoms with Gasteiger partial charge in [-0.25, -0.2) is 4.39 Å². The normalized spacial score (nSPS) is 19.6. The molecule has 2 nitrogen and oxygen atoms in total. The molecule has 0 amide bonds.